The van der Waals surface area contributed by atoms with E-state index in [0.717, 1.165) is 0 Å². The third-order valence-electron chi connectivity index (χ3n) is 2.19. The lowest BCUT2D eigenvalue weighted by Gasteiger charge is -2.10. The van der Waals surface area contributed by atoms with Crippen molar-refractivity contribution in [3.05, 3.63) is 40.5 Å². The quantitative estimate of drug-likeness (QED) is 0.845. The molecule has 0 aliphatic carbocycles. The van der Waals surface area contributed by atoms with Gasteiger partial charge in [-0.3, -0.25) is 4.72 Å². The minimum atomic E-state index is -3.91. The van der Waals surface area contributed by atoms with E-state index in [4.69, 9.17) is 28.9 Å². The number of nitrogens with two attached hydrogens (primary N) is 1. The zero-order chi connectivity index (χ0) is 14.0. The maximum Gasteiger partial charge on any atom is 0.264 e. The van der Waals surface area contributed by atoms with Crippen LogP contribution in [0.4, 0.5) is 11.5 Å². The summed E-state index contributed by atoms with van der Waals surface area (Å²) in [6.45, 7) is 0. The Hall–Kier alpha value is -1.57. The average molecular weight is 319 g/mol. The van der Waals surface area contributed by atoms with Gasteiger partial charge in [0.1, 0.15) is 4.90 Å². The Morgan fingerprint density at radius 3 is 2.58 bits per heavy atom. The van der Waals surface area contributed by atoms with Crippen molar-refractivity contribution in [2.75, 3.05) is 10.5 Å². The molecule has 0 radical (unpaired) electrons. The zero-order valence-electron chi connectivity index (χ0n) is 9.34. The first-order chi connectivity index (χ1) is 8.92. The van der Waals surface area contributed by atoms with Gasteiger partial charge in [-0.05, 0) is 24.3 Å². The van der Waals surface area contributed by atoms with Crippen molar-refractivity contribution < 1.29 is 8.42 Å². The minimum Gasteiger partial charge on any atom is -0.396 e. The third-order valence-corrected chi connectivity index (χ3v) is 4.44. The number of benzene rings is 1. The summed E-state index contributed by atoms with van der Waals surface area (Å²) in [4.78, 5) is -0.179. The molecule has 3 N–H and O–H groups in total. The highest BCUT2D eigenvalue weighted by Gasteiger charge is 2.21. The van der Waals surface area contributed by atoms with Crippen LogP contribution in [0, 0.1) is 0 Å². The molecule has 0 atom stereocenters. The first-order valence-corrected chi connectivity index (χ1v) is 7.20. The van der Waals surface area contributed by atoms with E-state index < -0.39 is 10.0 Å². The summed E-state index contributed by atoms with van der Waals surface area (Å²) in [6, 6.07) is 5.62. The molecule has 100 valence electrons. The van der Waals surface area contributed by atoms with Crippen LogP contribution in [0.3, 0.4) is 0 Å². The Morgan fingerprint density at radius 2 is 1.95 bits per heavy atom. The number of hydrogen-bond donors (Lipinski definition) is 2. The molecule has 9 heteroatoms. The molecular weight excluding hydrogens is 311 g/mol. The minimum absolute atomic E-state index is 0.00496. The zero-order valence-corrected chi connectivity index (χ0v) is 11.7. The number of aromatic nitrogens is 2. The van der Waals surface area contributed by atoms with Gasteiger partial charge in [-0.25, -0.2) is 8.42 Å². The Bertz CT molecular complexity index is 707. The van der Waals surface area contributed by atoms with E-state index in [1.165, 1.54) is 24.4 Å². The highest BCUT2D eigenvalue weighted by molar-refractivity contribution is 7.92. The van der Waals surface area contributed by atoms with Crippen molar-refractivity contribution in [2.24, 2.45) is 0 Å². The Labute approximate surface area is 119 Å². The number of rotatable bonds is 3. The number of sulfonamides is 1. The molecule has 0 saturated heterocycles. The van der Waals surface area contributed by atoms with Crippen LogP contribution in [0.25, 0.3) is 0 Å². The van der Waals surface area contributed by atoms with Gasteiger partial charge >= 0.3 is 0 Å². The topological polar surface area (TPSA) is 98.0 Å². The summed E-state index contributed by atoms with van der Waals surface area (Å²) in [5, 5.41) is 7.23. The molecule has 6 nitrogen and oxygen atoms in total. The molecule has 0 fully saturated rings. The lowest BCUT2D eigenvalue weighted by Crippen LogP contribution is -2.15. The van der Waals surface area contributed by atoms with Gasteiger partial charge in [-0.15, -0.1) is 5.10 Å². The van der Waals surface area contributed by atoms with Crippen molar-refractivity contribution >= 4 is 44.7 Å². The van der Waals surface area contributed by atoms with Crippen LogP contribution in [0.1, 0.15) is 0 Å². The van der Waals surface area contributed by atoms with Crippen LogP contribution in [-0.4, -0.2) is 18.6 Å². The Balaban J connectivity index is 2.44. The molecule has 0 aliphatic rings. The Morgan fingerprint density at radius 1 is 1.21 bits per heavy atom. The van der Waals surface area contributed by atoms with Gasteiger partial charge in [-0.2, -0.15) is 5.10 Å². The normalized spacial score (nSPS) is 11.3. The summed E-state index contributed by atoms with van der Waals surface area (Å²) < 4.78 is 26.5. The van der Waals surface area contributed by atoms with Gasteiger partial charge in [0.2, 0.25) is 0 Å². The van der Waals surface area contributed by atoms with Gasteiger partial charge in [0, 0.05) is 6.20 Å². The molecule has 0 spiro atoms. The van der Waals surface area contributed by atoms with Crippen molar-refractivity contribution in [3.63, 3.8) is 0 Å². The van der Waals surface area contributed by atoms with Gasteiger partial charge < -0.3 is 5.73 Å². The van der Waals surface area contributed by atoms with E-state index >= 15 is 0 Å². The van der Waals surface area contributed by atoms with Crippen LogP contribution in [-0.2, 0) is 10.0 Å². The van der Waals surface area contributed by atoms with Gasteiger partial charge in [-0.1, -0.05) is 23.2 Å². The smallest absolute Gasteiger partial charge is 0.264 e. The molecular formula is C10H8Cl2N4O2S. The number of nitrogen functional groups attached to an aromatic ring is 1. The van der Waals surface area contributed by atoms with Crippen LogP contribution in [0.5, 0.6) is 0 Å². The van der Waals surface area contributed by atoms with Gasteiger partial charge in [0.25, 0.3) is 10.0 Å². The van der Waals surface area contributed by atoms with Crippen LogP contribution in [0.15, 0.2) is 35.4 Å². The maximum atomic E-state index is 12.1. The summed E-state index contributed by atoms with van der Waals surface area (Å²) >= 11 is 11.6. The Kier molecular flexibility index (Phi) is 3.79. The second kappa shape index (κ2) is 5.20. The third kappa shape index (κ3) is 2.89. The molecule has 1 aromatic carbocycles. The van der Waals surface area contributed by atoms with E-state index in [0.29, 0.717) is 0 Å². The molecule has 0 unspecified atom stereocenters. The van der Waals surface area contributed by atoms with Crippen molar-refractivity contribution in [3.8, 4) is 0 Å². The summed E-state index contributed by atoms with van der Waals surface area (Å²) in [6.07, 6.45) is 1.42. The first kappa shape index (κ1) is 13.9. The number of halogens is 2. The molecule has 0 aliphatic heterocycles. The second-order valence-electron chi connectivity index (χ2n) is 3.49. The van der Waals surface area contributed by atoms with Crippen molar-refractivity contribution in [1.29, 1.82) is 0 Å². The predicted molar refractivity (Wildman–Crippen MR) is 73.7 cm³/mol. The lowest BCUT2D eigenvalue weighted by molar-refractivity contribution is 0.601. The van der Waals surface area contributed by atoms with Crippen LogP contribution >= 0.6 is 23.2 Å². The SMILES string of the molecule is Nc1c(Cl)ccc(S(=O)(=O)Nc2cccnn2)c1Cl. The van der Waals surface area contributed by atoms with E-state index in [9.17, 15) is 8.42 Å². The van der Waals surface area contributed by atoms with Crippen LogP contribution in [0.2, 0.25) is 10.0 Å². The molecule has 1 heterocycles. The number of nitrogens with one attached hydrogen (secondary N) is 1. The lowest BCUT2D eigenvalue weighted by atomic mass is 10.3. The monoisotopic (exact) mass is 318 g/mol. The molecule has 0 amide bonds. The molecule has 19 heavy (non-hydrogen) atoms. The molecule has 2 aromatic rings. The molecule has 0 bridgehead atoms. The van der Waals surface area contributed by atoms with E-state index in [1.54, 1.807) is 6.07 Å². The van der Waals surface area contributed by atoms with Crippen molar-refractivity contribution in [1.82, 2.24) is 10.2 Å². The maximum absolute atomic E-state index is 12.1. The standard InChI is InChI=1S/C10H8Cl2N4O2S/c11-6-3-4-7(9(12)10(6)13)19(17,18)16-8-2-1-5-14-15-8/h1-5H,13H2,(H,15,16). The highest BCUT2D eigenvalue weighted by Crippen LogP contribution is 2.33. The first-order valence-electron chi connectivity index (χ1n) is 4.96. The van der Waals surface area contributed by atoms with Crippen molar-refractivity contribution in [2.45, 2.75) is 4.90 Å². The van der Waals surface area contributed by atoms with Crippen LogP contribution < -0.4 is 10.5 Å². The summed E-state index contributed by atoms with van der Waals surface area (Å²) in [5.74, 6) is 0.0760. The summed E-state index contributed by atoms with van der Waals surface area (Å²) in [7, 11) is -3.91. The second-order valence-corrected chi connectivity index (χ2v) is 5.92. The molecule has 2 rings (SSSR count). The number of anilines is 2. The van der Waals surface area contributed by atoms with E-state index in [-0.39, 0.29) is 26.4 Å². The molecule has 0 saturated carbocycles. The highest BCUT2D eigenvalue weighted by atomic mass is 35.5. The number of nitrogens with zero attached hydrogens (tertiary/aromatic N) is 2. The van der Waals surface area contributed by atoms with Gasteiger partial charge in [0.15, 0.2) is 5.82 Å². The van der Waals surface area contributed by atoms with E-state index in [2.05, 4.69) is 14.9 Å². The fourth-order valence-corrected chi connectivity index (χ4v) is 3.07. The van der Waals surface area contributed by atoms with E-state index in [1.807, 2.05) is 0 Å². The fraction of sp³-hybridized carbons (Fsp3) is 0. The largest absolute Gasteiger partial charge is 0.396 e. The molecule has 1 aromatic heterocycles. The summed E-state index contributed by atoms with van der Waals surface area (Å²) in [5.41, 5.74) is 5.59. The fourth-order valence-electron chi connectivity index (χ4n) is 1.31. The predicted octanol–water partition coefficient (Wildman–Crippen LogP) is 2.17. The van der Waals surface area contributed by atoms with Gasteiger partial charge in [0.05, 0.1) is 15.7 Å². The average Bonchev–Trinajstić information content (AvgIpc) is 2.36. The number of hydrogen-bond acceptors (Lipinski definition) is 5.